The molecule has 0 radical (unpaired) electrons. The smallest absolute Gasteiger partial charge is 0.240 e. The molecule has 5 heteroatoms. The summed E-state index contributed by atoms with van der Waals surface area (Å²) in [4.78, 5) is 0.289. The quantitative estimate of drug-likeness (QED) is 0.874. The van der Waals surface area contributed by atoms with Gasteiger partial charge in [-0.2, -0.15) is 0 Å². The van der Waals surface area contributed by atoms with Crippen LogP contribution in [-0.4, -0.2) is 21.6 Å². The third kappa shape index (κ3) is 3.94. The lowest BCUT2D eigenvalue weighted by Crippen LogP contribution is -2.32. The van der Waals surface area contributed by atoms with Gasteiger partial charge in [-0.05, 0) is 43.0 Å². The van der Waals surface area contributed by atoms with Gasteiger partial charge in [-0.15, -0.1) is 0 Å². The van der Waals surface area contributed by atoms with E-state index in [0.29, 0.717) is 0 Å². The Morgan fingerprint density at radius 2 is 1.89 bits per heavy atom. The van der Waals surface area contributed by atoms with E-state index >= 15 is 0 Å². The van der Waals surface area contributed by atoms with Crippen molar-refractivity contribution in [3.63, 3.8) is 0 Å². The van der Waals surface area contributed by atoms with Crippen molar-refractivity contribution in [2.75, 3.05) is 7.11 Å². The van der Waals surface area contributed by atoms with Crippen LogP contribution in [0.25, 0.3) is 0 Å². The lowest BCUT2D eigenvalue weighted by molar-refractivity contribution is 0.407. The van der Waals surface area contributed by atoms with E-state index in [2.05, 4.69) is 4.72 Å². The molecular weight excluding hydrogens is 262 g/mol. The fourth-order valence-electron chi connectivity index (χ4n) is 1.75. The highest BCUT2D eigenvalue weighted by atomic mass is 32.2. The molecule has 0 aromatic heterocycles. The molecule has 0 heterocycles. The first kappa shape index (κ1) is 16.0. The highest BCUT2D eigenvalue weighted by Gasteiger charge is 2.19. The van der Waals surface area contributed by atoms with Gasteiger partial charge in [0.2, 0.25) is 10.0 Å². The van der Waals surface area contributed by atoms with Crippen LogP contribution in [0, 0.1) is 0 Å². The number of ether oxygens (including phenoxy) is 1. The predicted octanol–water partition coefficient (Wildman–Crippen LogP) is 2.90. The second-order valence-electron chi connectivity index (χ2n) is 4.99. The maximum Gasteiger partial charge on any atom is 0.240 e. The van der Waals surface area contributed by atoms with Crippen LogP contribution in [0.15, 0.2) is 23.1 Å². The van der Waals surface area contributed by atoms with Crippen molar-refractivity contribution < 1.29 is 13.2 Å². The van der Waals surface area contributed by atoms with E-state index in [1.165, 1.54) is 0 Å². The Morgan fingerprint density at radius 1 is 1.26 bits per heavy atom. The molecule has 4 nitrogen and oxygen atoms in total. The van der Waals surface area contributed by atoms with Crippen molar-refractivity contribution >= 4 is 10.0 Å². The van der Waals surface area contributed by atoms with Crippen molar-refractivity contribution in [1.82, 2.24) is 4.72 Å². The Hall–Kier alpha value is -1.07. The average Bonchev–Trinajstić information content (AvgIpc) is 2.37. The molecule has 1 aromatic rings. The molecule has 0 bridgehead atoms. The lowest BCUT2D eigenvalue weighted by atomic mass is 10.0. The number of methoxy groups -OCH3 is 1. The van der Waals surface area contributed by atoms with Gasteiger partial charge in [0.05, 0.1) is 12.0 Å². The summed E-state index contributed by atoms with van der Waals surface area (Å²) in [6.45, 7) is 7.82. The molecule has 108 valence electrons. The van der Waals surface area contributed by atoms with Gasteiger partial charge in [0.15, 0.2) is 0 Å². The minimum Gasteiger partial charge on any atom is -0.496 e. The molecule has 19 heavy (non-hydrogen) atoms. The number of sulfonamides is 1. The highest BCUT2D eigenvalue weighted by molar-refractivity contribution is 7.89. The fourth-order valence-corrected chi connectivity index (χ4v) is 3.11. The lowest BCUT2D eigenvalue weighted by Gasteiger charge is -2.16. The molecule has 0 fully saturated rings. The molecule has 1 atom stereocenters. The largest absolute Gasteiger partial charge is 0.496 e. The van der Waals surface area contributed by atoms with Crippen molar-refractivity contribution in [2.24, 2.45) is 0 Å². The molecule has 0 saturated heterocycles. The number of hydrogen-bond acceptors (Lipinski definition) is 3. The number of rotatable bonds is 6. The van der Waals surface area contributed by atoms with E-state index in [0.717, 1.165) is 17.7 Å². The Kier molecular flexibility index (Phi) is 5.38. The summed E-state index contributed by atoms with van der Waals surface area (Å²) in [7, 11) is -1.87. The second-order valence-corrected chi connectivity index (χ2v) is 6.70. The maximum atomic E-state index is 12.2. The zero-order chi connectivity index (χ0) is 14.6. The SMILES string of the molecule is CC[C@@H](C)NS(=O)(=O)c1ccc(OC)c(C(C)C)c1. The van der Waals surface area contributed by atoms with E-state index in [1.54, 1.807) is 25.3 Å². The molecule has 1 aromatic carbocycles. The van der Waals surface area contributed by atoms with Crippen molar-refractivity contribution in [3.8, 4) is 5.75 Å². The fraction of sp³-hybridized carbons (Fsp3) is 0.571. The summed E-state index contributed by atoms with van der Waals surface area (Å²) in [6, 6.07) is 4.90. The average molecular weight is 285 g/mol. The van der Waals surface area contributed by atoms with Crippen LogP contribution < -0.4 is 9.46 Å². The molecule has 0 spiro atoms. The Bertz CT molecular complexity index is 523. The summed E-state index contributed by atoms with van der Waals surface area (Å²) < 4.78 is 32.4. The molecule has 0 saturated carbocycles. The summed E-state index contributed by atoms with van der Waals surface area (Å²) in [5, 5.41) is 0. The highest BCUT2D eigenvalue weighted by Crippen LogP contribution is 2.28. The van der Waals surface area contributed by atoms with E-state index in [-0.39, 0.29) is 16.9 Å². The summed E-state index contributed by atoms with van der Waals surface area (Å²) >= 11 is 0. The molecule has 1 rings (SSSR count). The van der Waals surface area contributed by atoms with Crippen molar-refractivity contribution in [2.45, 2.75) is 51.0 Å². The molecule has 0 aliphatic rings. The van der Waals surface area contributed by atoms with Gasteiger partial charge in [-0.3, -0.25) is 0 Å². The van der Waals surface area contributed by atoms with Crippen LogP contribution in [0.3, 0.4) is 0 Å². The minimum atomic E-state index is -3.46. The normalized spacial score (nSPS) is 13.6. The molecule has 0 aliphatic carbocycles. The van der Waals surface area contributed by atoms with Crippen LogP contribution in [0.4, 0.5) is 0 Å². The van der Waals surface area contributed by atoms with Gasteiger partial charge in [-0.1, -0.05) is 20.8 Å². The zero-order valence-electron chi connectivity index (χ0n) is 12.2. The van der Waals surface area contributed by atoms with Gasteiger partial charge in [0.1, 0.15) is 5.75 Å². The van der Waals surface area contributed by atoms with Gasteiger partial charge >= 0.3 is 0 Å². The number of benzene rings is 1. The van der Waals surface area contributed by atoms with Crippen LogP contribution in [0.5, 0.6) is 5.75 Å². The Labute approximate surface area is 116 Å². The van der Waals surface area contributed by atoms with E-state index in [1.807, 2.05) is 27.7 Å². The van der Waals surface area contributed by atoms with E-state index in [9.17, 15) is 8.42 Å². The third-order valence-electron chi connectivity index (χ3n) is 3.10. The van der Waals surface area contributed by atoms with Crippen LogP contribution in [-0.2, 0) is 10.0 Å². The summed E-state index contributed by atoms with van der Waals surface area (Å²) in [5.41, 5.74) is 0.898. The first-order valence-corrected chi connectivity index (χ1v) is 8.00. The molecule has 0 unspecified atom stereocenters. The topological polar surface area (TPSA) is 55.4 Å². The number of nitrogens with one attached hydrogen (secondary N) is 1. The summed E-state index contributed by atoms with van der Waals surface area (Å²) in [5.74, 6) is 0.922. The van der Waals surface area contributed by atoms with Gasteiger partial charge in [0, 0.05) is 6.04 Å². The van der Waals surface area contributed by atoms with Crippen molar-refractivity contribution in [3.05, 3.63) is 23.8 Å². The van der Waals surface area contributed by atoms with Gasteiger partial charge in [-0.25, -0.2) is 13.1 Å². The zero-order valence-corrected chi connectivity index (χ0v) is 13.0. The molecule has 0 aliphatic heterocycles. The van der Waals surface area contributed by atoms with Crippen LogP contribution in [0.1, 0.15) is 45.6 Å². The van der Waals surface area contributed by atoms with E-state index in [4.69, 9.17) is 4.74 Å². The van der Waals surface area contributed by atoms with Crippen LogP contribution in [0.2, 0.25) is 0 Å². The molecule has 1 N–H and O–H groups in total. The van der Waals surface area contributed by atoms with Crippen LogP contribution >= 0.6 is 0 Å². The first-order chi connectivity index (χ1) is 8.81. The molecule has 0 amide bonds. The summed E-state index contributed by atoms with van der Waals surface area (Å²) in [6.07, 6.45) is 0.756. The number of hydrogen-bond donors (Lipinski definition) is 1. The van der Waals surface area contributed by atoms with Crippen molar-refractivity contribution in [1.29, 1.82) is 0 Å². The monoisotopic (exact) mass is 285 g/mol. The van der Waals surface area contributed by atoms with E-state index < -0.39 is 10.0 Å². The maximum absolute atomic E-state index is 12.2. The minimum absolute atomic E-state index is 0.0744. The standard InChI is InChI=1S/C14H23NO3S/c1-6-11(4)15-19(16,17)12-7-8-14(18-5)13(9-12)10(2)3/h7-11,15H,6H2,1-5H3/t11-/m1/s1. The first-order valence-electron chi connectivity index (χ1n) is 6.52. The molecular formula is C14H23NO3S. The third-order valence-corrected chi connectivity index (χ3v) is 4.69. The van der Waals surface area contributed by atoms with Gasteiger partial charge < -0.3 is 4.74 Å². The van der Waals surface area contributed by atoms with Gasteiger partial charge in [0.25, 0.3) is 0 Å². The Balaban J connectivity index is 3.18. The second kappa shape index (κ2) is 6.39. The predicted molar refractivity (Wildman–Crippen MR) is 77.2 cm³/mol. The Morgan fingerprint density at radius 3 is 2.37 bits per heavy atom.